The number of amides is 2. The summed E-state index contributed by atoms with van der Waals surface area (Å²) in [6, 6.07) is 6.20. The van der Waals surface area contributed by atoms with Gasteiger partial charge in [0.15, 0.2) is 0 Å². The summed E-state index contributed by atoms with van der Waals surface area (Å²) in [5, 5.41) is 2.79. The molecule has 0 saturated carbocycles. The second-order valence-corrected chi connectivity index (χ2v) is 5.76. The fraction of sp³-hybridized carbons (Fsp3) is 0.500. The number of hydrogen-bond acceptors (Lipinski definition) is 1. The highest BCUT2D eigenvalue weighted by Gasteiger charge is 2.25. The molecule has 2 amide bonds. The maximum Gasteiger partial charge on any atom is 0.312 e. The molecule has 0 aromatic heterocycles. The van der Waals surface area contributed by atoms with Crippen molar-refractivity contribution in [1.82, 2.24) is 5.32 Å². The monoisotopic (exact) mass is 232 g/mol. The number of carbonyl (C=O) groups is 1. The maximum absolute atomic E-state index is 10.9. The first-order chi connectivity index (χ1) is 7.88. The lowest BCUT2D eigenvalue weighted by atomic mass is 9.85. The van der Waals surface area contributed by atoms with Crippen molar-refractivity contribution in [1.29, 1.82) is 0 Å². The molecule has 0 heterocycles. The van der Waals surface area contributed by atoms with Crippen molar-refractivity contribution in [3.63, 3.8) is 0 Å². The summed E-state index contributed by atoms with van der Waals surface area (Å²) in [6.07, 6.45) is 1.97. The van der Waals surface area contributed by atoms with E-state index < -0.39 is 6.03 Å². The number of nitrogens with two attached hydrogens (primary N) is 1. The summed E-state index contributed by atoms with van der Waals surface area (Å²) in [5.41, 5.74) is 9.26. The first-order valence-corrected chi connectivity index (χ1v) is 6.07. The molecule has 1 aromatic rings. The van der Waals surface area contributed by atoms with Crippen LogP contribution in [0.5, 0.6) is 0 Å². The average molecular weight is 232 g/mol. The number of benzene rings is 1. The largest absolute Gasteiger partial charge is 0.352 e. The van der Waals surface area contributed by atoms with Crippen molar-refractivity contribution >= 4 is 6.03 Å². The van der Waals surface area contributed by atoms with Gasteiger partial charge in [0.25, 0.3) is 0 Å². The van der Waals surface area contributed by atoms with Crippen molar-refractivity contribution in [2.45, 2.75) is 45.1 Å². The highest BCUT2D eigenvalue weighted by molar-refractivity contribution is 5.72. The molecular formula is C14H20N2O. The molecular weight excluding hydrogens is 212 g/mol. The van der Waals surface area contributed by atoms with Crippen LogP contribution in [0.2, 0.25) is 0 Å². The van der Waals surface area contributed by atoms with Crippen LogP contribution in [0.4, 0.5) is 4.79 Å². The van der Waals surface area contributed by atoms with Gasteiger partial charge in [-0.15, -0.1) is 0 Å². The number of carbonyl (C=O) groups excluding carboxylic acids is 1. The summed E-state index contributed by atoms with van der Waals surface area (Å²) in [5.74, 6) is 0. The smallest absolute Gasteiger partial charge is 0.312 e. The standard InChI is InChI=1S/C14H20N2O/c1-14(2,3)10-5-6-11-9(8-10)4-7-12(11)16-13(15)17/h5-6,8,12H,4,7H2,1-3H3,(H3,15,16,17). The first kappa shape index (κ1) is 12.0. The minimum Gasteiger partial charge on any atom is -0.352 e. The normalized spacial score (nSPS) is 18.9. The van der Waals surface area contributed by atoms with Crippen molar-refractivity contribution in [2.24, 2.45) is 5.73 Å². The zero-order chi connectivity index (χ0) is 12.6. The van der Waals surface area contributed by atoms with E-state index in [0.29, 0.717) is 0 Å². The molecule has 0 bridgehead atoms. The fourth-order valence-electron chi connectivity index (χ4n) is 2.41. The first-order valence-electron chi connectivity index (χ1n) is 6.07. The van der Waals surface area contributed by atoms with Crippen LogP contribution < -0.4 is 11.1 Å². The fourth-order valence-corrected chi connectivity index (χ4v) is 2.41. The van der Waals surface area contributed by atoms with Gasteiger partial charge in [0.1, 0.15) is 0 Å². The highest BCUT2D eigenvalue weighted by atomic mass is 16.2. The number of fused-ring (bicyclic) bond motifs is 1. The molecule has 2 rings (SSSR count). The Kier molecular flexibility index (Phi) is 2.86. The summed E-state index contributed by atoms with van der Waals surface area (Å²) >= 11 is 0. The van der Waals surface area contributed by atoms with E-state index in [1.54, 1.807) is 0 Å². The third kappa shape index (κ3) is 2.43. The lowest BCUT2D eigenvalue weighted by Crippen LogP contribution is -2.32. The lowest BCUT2D eigenvalue weighted by molar-refractivity contribution is 0.245. The third-order valence-corrected chi connectivity index (χ3v) is 3.40. The summed E-state index contributed by atoms with van der Waals surface area (Å²) in [6.45, 7) is 6.63. The molecule has 1 atom stereocenters. The predicted octanol–water partition coefficient (Wildman–Crippen LogP) is 2.64. The lowest BCUT2D eigenvalue weighted by Gasteiger charge is -2.20. The van der Waals surface area contributed by atoms with Gasteiger partial charge in [-0.05, 0) is 34.9 Å². The van der Waals surface area contributed by atoms with Crippen LogP contribution in [0.15, 0.2) is 18.2 Å². The molecule has 0 radical (unpaired) electrons. The van der Waals surface area contributed by atoms with Gasteiger partial charge in [0.2, 0.25) is 0 Å². The Hall–Kier alpha value is -1.51. The Labute approximate surface area is 102 Å². The molecule has 1 aromatic carbocycles. The molecule has 1 aliphatic carbocycles. The van der Waals surface area contributed by atoms with Crippen LogP contribution in [0.1, 0.15) is 49.9 Å². The number of aryl methyl sites for hydroxylation is 1. The molecule has 0 spiro atoms. The van der Waals surface area contributed by atoms with Gasteiger partial charge in [0, 0.05) is 0 Å². The van der Waals surface area contributed by atoms with Crippen LogP contribution in [-0.2, 0) is 11.8 Å². The number of primary amides is 1. The van der Waals surface area contributed by atoms with E-state index in [0.717, 1.165) is 12.8 Å². The van der Waals surface area contributed by atoms with Crippen molar-refractivity contribution in [3.8, 4) is 0 Å². The van der Waals surface area contributed by atoms with E-state index in [-0.39, 0.29) is 11.5 Å². The zero-order valence-electron chi connectivity index (χ0n) is 10.7. The topological polar surface area (TPSA) is 55.1 Å². The quantitative estimate of drug-likeness (QED) is 0.768. The number of rotatable bonds is 1. The molecule has 3 heteroatoms. The van der Waals surface area contributed by atoms with Crippen molar-refractivity contribution < 1.29 is 4.79 Å². The van der Waals surface area contributed by atoms with Crippen LogP contribution >= 0.6 is 0 Å². The molecule has 3 N–H and O–H groups in total. The molecule has 0 fully saturated rings. The van der Waals surface area contributed by atoms with Gasteiger partial charge in [-0.2, -0.15) is 0 Å². The van der Waals surface area contributed by atoms with Crippen LogP contribution in [0, 0.1) is 0 Å². The predicted molar refractivity (Wildman–Crippen MR) is 68.9 cm³/mol. The summed E-state index contributed by atoms with van der Waals surface area (Å²) in [4.78, 5) is 10.9. The maximum atomic E-state index is 10.9. The molecule has 0 aliphatic heterocycles. The SMILES string of the molecule is CC(C)(C)c1ccc2c(c1)CCC2NC(N)=O. The second kappa shape index (κ2) is 4.06. The van der Waals surface area contributed by atoms with E-state index >= 15 is 0 Å². The Morgan fingerprint density at radius 3 is 2.71 bits per heavy atom. The van der Waals surface area contributed by atoms with Crippen LogP contribution in [-0.4, -0.2) is 6.03 Å². The van der Waals surface area contributed by atoms with Crippen LogP contribution in [0.3, 0.4) is 0 Å². The Balaban J connectivity index is 2.29. The Morgan fingerprint density at radius 1 is 1.41 bits per heavy atom. The van der Waals surface area contributed by atoms with Gasteiger partial charge in [0.05, 0.1) is 6.04 Å². The Morgan fingerprint density at radius 2 is 2.12 bits per heavy atom. The average Bonchev–Trinajstić information content (AvgIpc) is 2.59. The third-order valence-electron chi connectivity index (χ3n) is 3.40. The van der Waals surface area contributed by atoms with Crippen molar-refractivity contribution in [2.75, 3.05) is 0 Å². The summed E-state index contributed by atoms with van der Waals surface area (Å²) in [7, 11) is 0. The second-order valence-electron chi connectivity index (χ2n) is 5.76. The highest BCUT2D eigenvalue weighted by Crippen LogP contribution is 2.34. The van der Waals surface area contributed by atoms with E-state index in [9.17, 15) is 4.79 Å². The number of hydrogen-bond donors (Lipinski definition) is 2. The van der Waals surface area contributed by atoms with Gasteiger partial charge in [-0.1, -0.05) is 39.0 Å². The van der Waals surface area contributed by atoms with Crippen LogP contribution in [0.25, 0.3) is 0 Å². The molecule has 92 valence electrons. The Bertz CT molecular complexity index is 446. The van der Waals surface area contributed by atoms with E-state index in [4.69, 9.17) is 5.73 Å². The molecule has 1 unspecified atom stereocenters. The minimum atomic E-state index is -0.442. The number of nitrogens with one attached hydrogen (secondary N) is 1. The molecule has 1 aliphatic rings. The molecule has 17 heavy (non-hydrogen) atoms. The van der Waals surface area contributed by atoms with E-state index in [1.165, 1.54) is 16.7 Å². The van der Waals surface area contributed by atoms with Gasteiger partial charge < -0.3 is 11.1 Å². The van der Waals surface area contributed by atoms with Crippen molar-refractivity contribution in [3.05, 3.63) is 34.9 Å². The van der Waals surface area contributed by atoms with Gasteiger partial charge in [-0.25, -0.2) is 4.79 Å². The van der Waals surface area contributed by atoms with Gasteiger partial charge >= 0.3 is 6.03 Å². The number of urea groups is 1. The zero-order valence-corrected chi connectivity index (χ0v) is 10.7. The van der Waals surface area contributed by atoms with E-state index in [2.05, 4.69) is 44.3 Å². The molecule has 3 nitrogen and oxygen atoms in total. The van der Waals surface area contributed by atoms with Gasteiger partial charge in [-0.3, -0.25) is 0 Å². The molecule has 0 saturated heterocycles. The summed E-state index contributed by atoms with van der Waals surface area (Å²) < 4.78 is 0. The minimum absolute atomic E-state index is 0.0940. The van der Waals surface area contributed by atoms with E-state index in [1.807, 2.05) is 0 Å².